The number of hydrogen-bond acceptors (Lipinski definition) is 3. The predicted molar refractivity (Wildman–Crippen MR) is 83.2 cm³/mol. The quantitative estimate of drug-likeness (QED) is 0.745. The summed E-state index contributed by atoms with van der Waals surface area (Å²) in [6, 6.07) is 9.68. The molecule has 2 aromatic rings. The number of hydrogen-bond donors (Lipinski definition) is 2. The van der Waals surface area contributed by atoms with Crippen LogP contribution in [0, 0.1) is 0 Å². The smallest absolute Gasteiger partial charge is 0.120 e. The van der Waals surface area contributed by atoms with Crippen molar-refractivity contribution in [2.24, 2.45) is 0 Å². The summed E-state index contributed by atoms with van der Waals surface area (Å²) in [7, 11) is 0. The molecule has 0 aliphatic carbocycles. The minimum Gasteiger partial charge on any atom is -0.508 e. The minimum absolute atomic E-state index is 0.338. The number of nitrogens with one attached hydrogen (secondary N) is 1. The molecular weight excluding hydrogens is 378 g/mol. The molecule has 0 unspecified atom stereocenters. The number of phenols is 1. The summed E-state index contributed by atoms with van der Waals surface area (Å²) in [5.74, 6) is 0.338. The van der Waals surface area contributed by atoms with Gasteiger partial charge in [0.1, 0.15) is 5.75 Å². The van der Waals surface area contributed by atoms with E-state index < -0.39 is 0 Å². The molecule has 0 bridgehead atoms. The Kier molecular flexibility index (Phi) is 5.24. The number of rotatable bonds is 5. The number of halogens is 2. The monoisotopic (exact) mass is 389 g/mol. The van der Waals surface area contributed by atoms with E-state index in [1.807, 2.05) is 12.1 Å². The van der Waals surface area contributed by atoms with Crippen LogP contribution < -0.4 is 5.32 Å². The molecule has 96 valence electrons. The predicted octanol–water partition coefficient (Wildman–Crippen LogP) is 4.31. The van der Waals surface area contributed by atoms with Crippen LogP contribution in [-0.2, 0) is 13.0 Å². The van der Waals surface area contributed by atoms with E-state index in [1.165, 1.54) is 8.66 Å². The minimum atomic E-state index is 0.338. The number of aromatic hydroxyl groups is 1. The highest BCUT2D eigenvalue weighted by Gasteiger charge is 2.02. The number of thiophene rings is 1. The van der Waals surface area contributed by atoms with Gasteiger partial charge in [0, 0.05) is 28.0 Å². The Morgan fingerprint density at radius 1 is 1.17 bits per heavy atom. The summed E-state index contributed by atoms with van der Waals surface area (Å²) < 4.78 is 2.15. The first-order chi connectivity index (χ1) is 8.65. The van der Waals surface area contributed by atoms with Crippen LogP contribution in [0.1, 0.15) is 10.4 Å². The number of benzene rings is 1. The fraction of sp³-hybridized carbons (Fsp3) is 0.231. The third kappa shape index (κ3) is 4.09. The highest BCUT2D eigenvalue weighted by atomic mass is 79.9. The molecule has 1 aromatic heterocycles. The molecule has 0 aliphatic heterocycles. The molecule has 0 amide bonds. The lowest BCUT2D eigenvalue weighted by molar-refractivity contribution is 0.464. The van der Waals surface area contributed by atoms with E-state index in [9.17, 15) is 5.11 Å². The van der Waals surface area contributed by atoms with E-state index in [1.54, 1.807) is 17.4 Å². The van der Waals surface area contributed by atoms with E-state index >= 15 is 0 Å². The highest BCUT2D eigenvalue weighted by molar-refractivity contribution is 9.11. The van der Waals surface area contributed by atoms with Crippen LogP contribution in [0.5, 0.6) is 5.75 Å². The Hall–Kier alpha value is -0.360. The van der Waals surface area contributed by atoms with Crippen LogP contribution >= 0.6 is 43.2 Å². The van der Waals surface area contributed by atoms with Gasteiger partial charge >= 0.3 is 0 Å². The third-order valence-corrected chi connectivity index (χ3v) is 4.71. The van der Waals surface area contributed by atoms with Crippen LogP contribution in [0.4, 0.5) is 0 Å². The van der Waals surface area contributed by atoms with Gasteiger partial charge in [0.15, 0.2) is 0 Å². The van der Waals surface area contributed by atoms with E-state index in [0.717, 1.165) is 23.0 Å². The summed E-state index contributed by atoms with van der Waals surface area (Å²) in [6.45, 7) is 1.58. The Morgan fingerprint density at radius 2 is 2.00 bits per heavy atom. The maximum Gasteiger partial charge on any atom is 0.120 e. The fourth-order valence-electron chi connectivity index (χ4n) is 1.62. The van der Waals surface area contributed by atoms with Gasteiger partial charge in [-0.1, -0.05) is 15.9 Å². The molecule has 0 fully saturated rings. The average molecular weight is 391 g/mol. The zero-order chi connectivity index (χ0) is 13.0. The van der Waals surface area contributed by atoms with Crippen LogP contribution in [0.15, 0.2) is 38.6 Å². The topological polar surface area (TPSA) is 32.3 Å². The standard InChI is InChI=1S/C13H13Br2NOS/c14-10-1-3-12(17)9(7-10)8-16-6-5-11-2-4-13(15)18-11/h1-4,7,16-17H,5-6,8H2. The molecular formula is C13H13Br2NOS. The maximum atomic E-state index is 9.69. The lowest BCUT2D eigenvalue weighted by atomic mass is 10.2. The van der Waals surface area contributed by atoms with Crippen molar-refractivity contribution in [3.05, 3.63) is 49.0 Å². The lowest BCUT2D eigenvalue weighted by Gasteiger charge is -2.06. The van der Waals surface area contributed by atoms with Gasteiger partial charge in [-0.25, -0.2) is 0 Å². The summed E-state index contributed by atoms with van der Waals surface area (Å²) in [6.07, 6.45) is 1.00. The molecule has 0 atom stereocenters. The Balaban J connectivity index is 1.80. The molecule has 5 heteroatoms. The van der Waals surface area contributed by atoms with Crippen molar-refractivity contribution in [1.29, 1.82) is 0 Å². The molecule has 2 nitrogen and oxygen atoms in total. The summed E-state index contributed by atoms with van der Waals surface area (Å²) in [4.78, 5) is 1.35. The van der Waals surface area contributed by atoms with Crippen LogP contribution in [0.3, 0.4) is 0 Å². The maximum absolute atomic E-state index is 9.69. The van der Waals surface area contributed by atoms with Crippen molar-refractivity contribution in [2.45, 2.75) is 13.0 Å². The van der Waals surface area contributed by atoms with Crippen LogP contribution in [0.2, 0.25) is 0 Å². The molecule has 0 saturated heterocycles. The van der Waals surface area contributed by atoms with Crippen molar-refractivity contribution >= 4 is 43.2 Å². The van der Waals surface area contributed by atoms with E-state index in [4.69, 9.17) is 0 Å². The lowest BCUT2D eigenvalue weighted by Crippen LogP contribution is -2.16. The fourth-order valence-corrected chi connectivity index (χ4v) is 3.51. The van der Waals surface area contributed by atoms with Crippen LogP contribution in [-0.4, -0.2) is 11.7 Å². The van der Waals surface area contributed by atoms with Crippen molar-refractivity contribution in [3.63, 3.8) is 0 Å². The van der Waals surface area contributed by atoms with Gasteiger partial charge in [-0.3, -0.25) is 0 Å². The average Bonchev–Trinajstić information content (AvgIpc) is 2.75. The normalized spacial score (nSPS) is 10.8. The second-order valence-corrected chi connectivity index (χ2v) is 7.37. The second-order valence-electron chi connectivity index (χ2n) is 3.91. The first kappa shape index (κ1) is 14.1. The summed E-state index contributed by atoms with van der Waals surface area (Å²) >= 11 is 8.62. The largest absolute Gasteiger partial charge is 0.508 e. The van der Waals surface area contributed by atoms with Gasteiger partial charge in [0.05, 0.1) is 3.79 Å². The Morgan fingerprint density at radius 3 is 2.72 bits per heavy atom. The van der Waals surface area contributed by atoms with E-state index in [-0.39, 0.29) is 0 Å². The third-order valence-electron chi connectivity index (χ3n) is 2.53. The SMILES string of the molecule is Oc1ccc(Br)cc1CNCCc1ccc(Br)s1. The molecule has 0 spiro atoms. The highest BCUT2D eigenvalue weighted by Crippen LogP contribution is 2.23. The molecule has 0 radical (unpaired) electrons. The van der Waals surface area contributed by atoms with E-state index in [0.29, 0.717) is 12.3 Å². The van der Waals surface area contributed by atoms with Crippen molar-refractivity contribution < 1.29 is 5.11 Å². The van der Waals surface area contributed by atoms with Crippen molar-refractivity contribution in [3.8, 4) is 5.75 Å². The van der Waals surface area contributed by atoms with Crippen LogP contribution in [0.25, 0.3) is 0 Å². The van der Waals surface area contributed by atoms with Gasteiger partial charge in [-0.15, -0.1) is 11.3 Å². The molecule has 2 rings (SSSR count). The zero-order valence-corrected chi connectivity index (χ0v) is 13.6. The first-order valence-corrected chi connectivity index (χ1v) is 7.98. The van der Waals surface area contributed by atoms with Gasteiger partial charge in [-0.05, 0) is 52.7 Å². The second kappa shape index (κ2) is 6.70. The van der Waals surface area contributed by atoms with Gasteiger partial charge in [0.25, 0.3) is 0 Å². The zero-order valence-electron chi connectivity index (χ0n) is 9.62. The number of phenolic OH excluding ortho intramolecular Hbond substituents is 1. The molecule has 0 aliphatic rings. The van der Waals surface area contributed by atoms with Crippen molar-refractivity contribution in [2.75, 3.05) is 6.54 Å². The van der Waals surface area contributed by atoms with Gasteiger partial charge < -0.3 is 10.4 Å². The summed E-state index contributed by atoms with van der Waals surface area (Å²) in [5.41, 5.74) is 0.914. The van der Waals surface area contributed by atoms with Gasteiger partial charge in [-0.2, -0.15) is 0 Å². The molecule has 1 aromatic carbocycles. The van der Waals surface area contributed by atoms with Crippen molar-refractivity contribution in [1.82, 2.24) is 5.32 Å². The summed E-state index contributed by atoms with van der Waals surface area (Å²) in [5, 5.41) is 13.0. The molecule has 0 saturated carbocycles. The molecule has 18 heavy (non-hydrogen) atoms. The van der Waals surface area contributed by atoms with Gasteiger partial charge in [0.2, 0.25) is 0 Å². The molecule has 1 heterocycles. The van der Waals surface area contributed by atoms with E-state index in [2.05, 4.69) is 49.3 Å². The molecule has 2 N–H and O–H groups in total. The Labute approximate surface area is 127 Å². The Bertz CT molecular complexity index is 527. The first-order valence-electron chi connectivity index (χ1n) is 5.57.